The molecule has 1 unspecified atom stereocenters. The molecule has 0 saturated heterocycles. The van der Waals surface area contributed by atoms with Gasteiger partial charge in [0.15, 0.2) is 11.0 Å². The second kappa shape index (κ2) is 9.84. The summed E-state index contributed by atoms with van der Waals surface area (Å²) in [5.41, 5.74) is 6.59. The molecule has 0 radical (unpaired) electrons. The van der Waals surface area contributed by atoms with Crippen molar-refractivity contribution >= 4 is 35.3 Å². The van der Waals surface area contributed by atoms with Crippen molar-refractivity contribution in [3.8, 4) is 22.8 Å². The van der Waals surface area contributed by atoms with Crippen LogP contribution < -0.4 is 15.8 Å². The third-order valence-electron chi connectivity index (χ3n) is 4.42. The van der Waals surface area contributed by atoms with E-state index in [0.717, 1.165) is 5.69 Å². The lowest BCUT2D eigenvalue weighted by atomic mass is 10.1. The van der Waals surface area contributed by atoms with Gasteiger partial charge in [-0.1, -0.05) is 49.3 Å². The number of hydrogen-bond acceptors (Lipinski definition) is 6. The molecule has 162 valence electrons. The van der Waals surface area contributed by atoms with Crippen molar-refractivity contribution in [2.75, 3.05) is 7.11 Å². The summed E-state index contributed by atoms with van der Waals surface area (Å²) in [6.45, 7) is 3.75. The highest BCUT2D eigenvalue weighted by Gasteiger charge is 2.28. The number of urea groups is 1. The maximum absolute atomic E-state index is 12.5. The summed E-state index contributed by atoms with van der Waals surface area (Å²) < 4.78 is 7.07. The van der Waals surface area contributed by atoms with Crippen LogP contribution in [0.3, 0.4) is 0 Å². The van der Waals surface area contributed by atoms with Gasteiger partial charge in [0.1, 0.15) is 5.75 Å². The molecule has 0 bridgehead atoms. The molecule has 3 N–H and O–H groups in total. The molecule has 0 aliphatic carbocycles. The normalized spacial score (nSPS) is 11.9. The highest BCUT2D eigenvalue weighted by atomic mass is 35.5. The molecule has 1 heterocycles. The van der Waals surface area contributed by atoms with Gasteiger partial charge in [0.2, 0.25) is 5.91 Å². The Morgan fingerprint density at radius 3 is 2.39 bits per heavy atom. The minimum absolute atomic E-state index is 0.103. The van der Waals surface area contributed by atoms with Crippen LogP contribution in [-0.4, -0.2) is 39.1 Å². The van der Waals surface area contributed by atoms with Crippen molar-refractivity contribution in [3.63, 3.8) is 0 Å². The Morgan fingerprint density at radius 1 is 1.13 bits per heavy atom. The summed E-state index contributed by atoms with van der Waals surface area (Å²) in [6, 6.07) is 13.8. The topological polar surface area (TPSA) is 112 Å². The predicted octanol–water partition coefficient (Wildman–Crippen LogP) is 3.91. The molecule has 1 atom stereocenters. The minimum Gasteiger partial charge on any atom is -0.497 e. The van der Waals surface area contributed by atoms with Crippen LogP contribution in [-0.2, 0) is 4.79 Å². The average Bonchev–Trinajstić information content (AvgIpc) is 3.15. The average molecular weight is 460 g/mol. The van der Waals surface area contributed by atoms with Crippen molar-refractivity contribution in [3.05, 3.63) is 53.6 Å². The zero-order valence-corrected chi connectivity index (χ0v) is 18.8. The Hall–Kier alpha value is -3.04. The van der Waals surface area contributed by atoms with E-state index < -0.39 is 17.2 Å². The highest BCUT2D eigenvalue weighted by Crippen LogP contribution is 2.35. The maximum atomic E-state index is 12.5. The number of benzene rings is 2. The molecule has 10 heteroatoms. The Balaban J connectivity index is 2.10. The number of imide groups is 1. The Kier molecular flexibility index (Phi) is 7.19. The number of nitrogens with zero attached hydrogens (tertiary/aromatic N) is 3. The van der Waals surface area contributed by atoms with Crippen molar-refractivity contribution in [2.24, 2.45) is 11.7 Å². The smallest absolute Gasteiger partial charge is 0.318 e. The van der Waals surface area contributed by atoms with Crippen LogP contribution in [0.4, 0.5) is 4.79 Å². The number of thioether (sulfide) groups is 1. The van der Waals surface area contributed by atoms with Crippen LogP contribution in [0.25, 0.3) is 17.1 Å². The van der Waals surface area contributed by atoms with E-state index in [2.05, 4.69) is 15.5 Å². The SMILES string of the molecule is COc1ccc(-n2c(SC(C(=O)NC(N)=O)C(C)C)nnc2-c2ccccc2Cl)cc1. The lowest BCUT2D eigenvalue weighted by Crippen LogP contribution is -2.42. The van der Waals surface area contributed by atoms with Gasteiger partial charge in [0.05, 0.1) is 17.4 Å². The molecule has 0 saturated carbocycles. The maximum Gasteiger partial charge on any atom is 0.318 e. The molecule has 0 aliphatic rings. The van der Waals surface area contributed by atoms with Gasteiger partial charge in [-0.05, 0) is 42.3 Å². The number of nitrogens with one attached hydrogen (secondary N) is 1. The second-order valence-electron chi connectivity index (χ2n) is 6.96. The highest BCUT2D eigenvalue weighted by molar-refractivity contribution is 8.00. The van der Waals surface area contributed by atoms with E-state index in [4.69, 9.17) is 22.1 Å². The molecule has 0 fully saturated rings. The summed E-state index contributed by atoms with van der Waals surface area (Å²) in [4.78, 5) is 23.7. The molecular weight excluding hydrogens is 438 g/mol. The molecule has 31 heavy (non-hydrogen) atoms. The number of rotatable bonds is 7. The zero-order valence-electron chi connectivity index (χ0n) is 17.2. The number of ether oxygens (including phenoxy) is 1. The number of halogens is 1. The minimum atomic E-state index is -0.898. The Bertz CT molecular complexity index is 1080. The van der Waals surface area contributed by atoms with Gasteiger partial charge >= 0.3 is 6.03 Å². The number of aromatic nitrogens is 3. The molecular formula is C21H22ClN5O3S. The number of carbonyl (C=O) groups is 2. The summed E-state index contributed by atoms with van der Waals surface area (Å²) in [5, 5.41) is 11.2. The van der Waals surface area contributed by atoms with Crippen molar-refractivity contribution in [1.82, 2.24) is 20.1 Å². The van der Waals surface area contributed by atoms with Gasteiger partial charge in [0, 0.05) is 11.3 Å². The van der Waals surface area contributed by atoms with E-state index in [0.29, 0.717) is 27.3 Å². The second-order valence-corrected chi connectivity index (χ2v) is 8.47. The van der Waals surface area contributed by atoms with Gasteiger partial charge in [-0.3, -0.25) is 14.7 Å². The number of amides is 3. The van der Waals surface area contributed by atoms with Gasteiger partial charge < -0.3 is 10.5 Å². The first-order valence-corrected chi connectivity index (χ1v) is 10.7. The molecule has 8 nitrogen and oxygen atoms in total. The molecule has 2 aromatic carbocycles. The fourth-order valence-electron chi connectivity index (χ4n) is 2.93. The molecule has 3 aromatic rings. The third-order valence-corrected chi connectivity index (χ3v) is 6.24. The van der Waals surface area contributed by atoms with E-state index in [1.165, 1.54) is 11.8 Å². The van der Waals surface area contributed by atoms with Crippen LogP contribution in [0.1, 0.15) is 13.8 Å². The van der Waals surface area contributed by atoms with Crippen LogP contribution in [0.5, 0.6) is 5.75 Å². The summed E-state index contributed by atoms with van der Waals surface area (Å²) in [7, 11) is 1.59. The van der Waals surface area contributed by atoms with Gasteiger partial charge in [0.25, 0.3) is 0 Å². The monoisotopic (exact) mass is 459 g/mol. The number of carbonyl (C=O) groups excluding carboxylic acids is 2. The van der Waals surface area contributed by atoms with Crippen LogP contribution in [0.15, 0.2) is 53.7 Å². The van der Waals surface area contributed by atoms with Crippen LogP contribution >= 0.6 is 23.4 Å². The third kappa shape index (κ3) is 5.18. The number of nitrogens with two attached hydrogens (primary N) is 1. The Labute approximate surface area is 189 Å². The first-order valence-electron chi connectivity index (χ1n) is 9.43. The number of methoxy groups -OCH3 is 1. The van der Waals surface area contributed by atoms with Gasteiger partial charge in [-0.15, -0.1) is 10.2 Å². The van der Waals surface area contributed by atoms with Gasteiger partial charge in [-0.25, -0.2) is 4.79 Å². The predicted molar refractivity (Wildman–Crippen MR) is 121 cm³/mol. The van der Waals surface area contributed by atoms with Crippen LogP contribution in [0.2, 0.25) is 5.02 Å². The molecule has 1 aromatic heterocycles. The fraction of sp³-hybridized carbons (Fsp3) is 0.238. The summed E-state index contributed by atoms with van der Waals surface area (Å²) in [5.74, 6) is 0.632. The van der Waals surface area contributed by atoms with Crippen molar-refractivity contribution in [1.29, 1.82) is 0 Å². The van der Waals surface area contributed by atoms with E-state index in [1.54, 1.807) is 13.2 Å². The quantitative estimate of drug-likeness (QED) is 0.518. The number of primary amides is 1. The van der Waals surface area contributed by atoms with E-state index in [-0.39, 0.29) is 5.92 Å². The largest absolute Gasteiger partial charge is 0.497 e. The van der Waals surface area contributed by atoms with E-state index >= 15 is 0 Å². The van der Waals surface area contributed by atoms with E-state index in [9.17, 15) is 9.59 Å². The molecule has 3 rings (SSSR count). The molecule has 0 spiro atoms. The van der Waals surface area contributed by atoms with Crippen molar-refractivity contribution in [2.45, 2.75) is 24.3 Å². The standard InChI is InChI=1S/C21H22ClN5O3S/c1-12(2)17(19(28)24-20(23)29)31-21-26-25-18(15-6-4-5-7-16(15)22)27(21)13-8-10-14(30-3)11-9-13/h4-12,17H,1-3H3,(H3,23,24,28,29). The number of hydrogen-bond donors (Lipinski definition) is 2. The molecule has 3 amide bonds. The lowest BCUT2D eigenvalue weighted by Gasteiger charge is -2.19. The fourth-order valence-corrected chi connectivity index (χ4v) is 4.20. The zero-order chi connectivity index (χ0) is 22.5. The first-order chi connectivity index (χ1) is 14.8. The summed E-state index contributed by atoms with van der Waals surface area (Å²) in [6.07, 6.45) is 0. The van der Waals surface area contributed by atoms with Crippen LogP contribution in [0, 0.1) is 5.92 Å². The Morgan fingerprint density at radius 2 is 1.81 bits per heavy atom. The lowest BCUT2D eigenvalue weighted by molar-refractivity contribution is -0.120. The van der Waals surface area contributed by atoms with Crippen molar-refractivity contribution < 1.29 is 14.3 Å². The first kappa shape index (κ1) is 22.6. The molecule has 0 aliphatic heterocycles. The van der Waals surface area contributed by atoms with E-state index in [1.807, 2.05) is 60.9 Å². The summed E-state index contributed by atoms with van der Waals surface area (Å²) >= 11 is 7.61. The van der Waals surface area contributed by atoms with Gasteiger partial charge in [-0.2, -0.15) is 0 Å².